The Bertz CT molecular complexity index is 924. The van der Waals surface area contributed by atoms with Crippen LogP contribution in [0.5, 0.6) is 0 Å². The second-order valence-electron chi connectivity index (χ2n) is 9.29. The smallest absolute Gasteiger partial charge is 0.241 e. The Hall–Kier alpha value is -2.19. The van der Waals surface area contributed by atoms with Gasteiger partial charge in [0, 0.05) is 67.8 Å². The molecule has 1 aromatic heterocycles. The van der Waals surface area contributed by atoms with Gasteiger partial charge in [0.2, 0.25) is 5.91 Å². The van der Waals surface area contributed by atoms with Crippen molar-refractivity contribution in [2.24, 2.45) is 0 Å². The molecule has 7 nitrogen and oxygen atoms in total. The van der Waals surface area contributed by atoms with Gasteiger partial charge >= 0.3 is 0 Å². The van der Waals surface area contributed by atoms with Gasteiger partial charge in [-0.1, -0.05) is 32.0 Å². The summed E-state index contributed by atoms with van der Waals surface area (Å²) in [6.07, 6.45) is 1.91. The highest BCUT2D eigenvalue weighted by atomic mass is 35.5. The average molecular weight is 460 g/mol. The van der Waals surface area contributed by atoms with E-state index < -0.39 is 0 Å². The van der Waals surface area contributed by atoms with E-state index in [-0.39, 0.29) is 29.8 Å². The number of hydrogen-bond donors (Lipinski definition) is 2. The molecule has 174 valence electrons. The lowest BCUT2D eigenvalue weighted by Crippen LogP contribution is -2.59. The highest BCUT2D eigenvalue weighted by molar-refractivity contribution is 5.98. The molecule has 0 radical (unpaired) electrons. The highest BCUT2D eigenvalue weighted by Crippen LogP contribution is 2.41. The number of piperazine rings is 1. The summed E-state index contributed by atoms with van der Waals surface area (Å²) in [6, 6.07) is 12.5. The summed E-state index contributed by atoms with van der Waals surface area (Å²) >= 11 is 0. The lowest BCUT2D eigenvalue weighted by molar-refractivity contribution is -0.121. The molecule has 1 amide bonds. The number of pyridine rings is 1. The zero-order valence-corrected chi connectivity index (χ0v) is 20.1. The Morgan fingerprint density at radius 3 is 2.78 bits per heavy atom. The maximum atomic E-state index is 13.5. The molecule has 8 heteroatoms. The largest absolute Gasteiger partial charge is 0.383 e. The van der Waals surface area contributed by atoms with Crippen molar-refractivity contribution in [1.29, 1.82) is 0 Å². The summed E-state index contributed by atoms with van der Waals surface area (Å²) in [5, 5.41) is 6.83. The Morgan fingerprint density at radius 2 is 2.06 bits per heavy atom. The molecule has 2 aliphatic heterocycles. The number of amides is 1. The third kappa shape index (κ3) is 5.23. The van der Waals surface area contributed by atoms with Crippen molar-refractivity contribution in [3.05, 3.63) is 48.2 Å². The number of hydrogen-bond acceptors (Lipinski definition) is 6. The van der Waals surface area contributed by atoms with E-state index in [1.807, 2.05) is 47.5 Å². The third-order valence-corrected chi connectivity index (χ3v) is 6.23. The maximum absolute atomic E-state index is 13.5. The molecule has 2 atom stereocenters. The number of anilines is 3. The van der Waals surface area contributed by atoms with Crippen LogP contribution in [0.2, 0.25) is 0 Å². The van der Waals surface area contributed by atoms with E-state index in [4.69, 9.17) is 4.74 Å². The number of rotatable bonds is 6. The van der Waals surface area contributed by atoms with E-state index in [1.165, 1.54) is 0 Å². The minimum Gasteiger partial charge on any atom is -0.383 e. The predicted molar refractivity (Wildman–Crippen MR) is 131 cm³/mol. The number of nitrogens with one attached hydrogen (secondary N) is 2. The van der Waals surface area contributed by atoms with E-state index in [0.717, 1.165) is 35.8 Å². The molecule has 2 aromatic rings. The number of nitrogens with zero attached hydrogens (tertiary/aromatic N) is 3. The van der Waals surface area contributed by atoms with Crippen molar-refractivity contribution in [2.75, 3.05) is 50.1 Å². The number of carbonyl (C=O) groups is 1. The Morgan fingerprint density at radius 1 is 1.31 bits per heavy atom. The Labute approximate surface area is 196 Å². The highest BCUT2D eigenvalue weighted by Gasteiger charge is 2.39. The van der Waals surface area contributed by atoms with E-state index in [2.05, 4.69) is 41.3 Å². The van der Waals surface area contributed by atoms with Crippen molar-refractivity contribution in [2.45, 2.75) is 38.3 Å². The van der Waals surface area contributed by atoms with Crippen molar-refractivity contribution in [3.63, 3.8) is 0 Å². The van der Waals surface area contributed by atoms with E-state index >= 15 is 0 Å². The van der Waals surface area contributed by atoms with Gasteiger partial charge in [0.05, 0.1) is 18.8 Å². The molecular weight excluding hydrogens is 426 g/mol. The fourth-order valence-corrected chi connectivity index (χ4v) is 4.56. The lowest BCUT2D eigenvalue weighted by atomic mass is 9.88. The quantitative estimate of drug-likeness (QED) is 0.691. The van der Waals surface area contributed by atoms with Crippen molar-refractivity contribution >= 4 is 35.5 Å². The SMILES string of the molecule is COC[C@H]1CN[C@H](C)CN1CC(=O)N1CC(C)(C)c2cnc(Nc3ccccc3)cc21.Cl. The van der Waals surface area contributed by atoms with Gasteiger partial charge in [0.25, 0.3) is 0 Å². The molecule has 2 N–H and O–H groups in total. The van der Waals surface area contributed by atoms with Crippen LogP contribution in [0.4, 0.5) is 17.2 Å². The molecule has 0 aliphatic carbocycles. The molecule has 1 saturated heterocycles. The van der Waals surface area contributed by atoms with Gasteiger partial charge in [0.1, 0.15) is 5.82 Å². The van der Waals surface area contributed by atoms with Crippen LogP contribution < -0.4 is 15.5 Å². The van der Waals surface area contributed by atoms with Gasteiger partial charge < -0.3 is 20.3 Å². The summed E-state index contributed by atoms with van der Waals surface area (Å²) in [7, 11) is 1.71. The van der Waals surface area contributed by atoms with Crippen LogP contribution in [0.25, 0.3) is 0 Å². The van der Waals surface area contributed by atoms with Gasteiger partial charge in [-0.3, -0.25) is 9.69 Å². The first-order chi connectivity index (χ1) is 14.9. The molecule has 1 fully saturated rings. The number of fused-ring (bicyclic) bond motifs is 1. The average Bonchev–Trinajstić information content (AvgIpc) is 3.01. The first kappa shape index (κ1) is 24.5. The topological polar surface area (TPSA) is 69.7 Å². The van der Waals surface area contributed by atoms with Crippen LogP contribution in [-0.4, -0.2) is 67.8 Å². The van der Waals surface area contributed by atoms with Crippen molar-refractivity contribution in [3.8, 4) is 0 Å². The van der Waals surface area contributed by atoms with Gasteiger partial charge in [-0.15, -0.1) is 12.4 Å². The first-order valence-corrected chi connectivity index (χ1v) is 11.0. The van der Waals surface area contributed by atoms with Crippen LogP contribution in [-0.2, 0) is 14.9 Å². The molecule has 3 heterocycles. The molecule has 1 aromatic carbocycles. The molecule has 0 saturated carbocycles. The summed E-state index contributed by atoms with van der Waals surface area (Å²) in [5.41, 5.74) is 2.91. The first-order valence-electron chi connectivity index (χ1n) is 11.0. The fraction of sp³-hybridized carbons (Fsp3) is 0.500. The van der Waals surface area contributed by atoms with Gasteiger partial charge in [0.15, 0.2) is 0 Å². The third-order valence-electron chi connectivity index (χ3n) is 6.23. The van der Waals surface area contributed by atoms with Crippen LogP contribution >= 0.6 is 12.4 Å². The number of carbonyl (C=O) groups excluding carboxylic acids is 1. The monoisotopic (exact) mass is 459 g/mol. The van der Waals surface area contributed by atoms with Gasteiger partial charge in [-0.25, -0.2) is 4.98 Å². The number of ether oxygens (including phenoxy) is 1. The van der Waals surface area contributed by atoms with E-state index in [0.29, 0.717) is 25.7 Å². The zero-order chi connectivity index (χ0) is 22.0. The second kappa shape index (κ2) is 10.2. The van der Waals surface area contributed by atoms with Crippen molar-refractivity contribution < 1.29 is 9.53 Å². The summed E-state index contributed by atoms with van der Waals surface area (Å²) in [4.78, 5) is 22.3. The molecule has 0 spiro atoms. The maximum Gasteiger partial charge on any atom is 0.241 e. The molecule has 0 bridgehead atoms. The minimum absolute atomic E-state index is 0. The Kier molecular flexibility index (Phi) is 7.77. The van der Waals surface area contributed by atoms with Crippen molar-refractivity contribution in [1.82, 2.24) is 15.2 Å². The molecule has 32 heavy (non-hydrogen) atoms. The van der Waals surface area contributed by atoms with Crippen LogP contribution in [0.1, 0.15) is 26.3 Å². The predicted octanol–water partition coefficient (Wildman–Crippen LogP) is 3.18. The normalized spacial score (nSPS) is 22.2. The van der Waals surface area contributed by atoms with E-state index in [1.54, 1.807) is 7.11 Å². The van der Waals surface area contributed by atoms with Gasteiger partial charge in [-0.05, 0) is 19.1 Å². The zero-order valence-electron chi connectivity index (χ0n) is 19.3. The standard InChI is InChI=1S/C24H33N5O2.ClH/c1-17-13-28(19(11-25-17)15-31-4)14-23(30)29-16-24(2,3)20-12-26-22(10-21(20)29)27-18-8-6-5-7-9-18;/h5-10,12,17,19,25H,11,13-16H2,1-4H3,(H,26,27);1H/t17-,19-;/m1./s1. The van der Waals surface area contributed by atoms with Gasteiger partial charge in [-0.2, -0.15) is 0 Å². The second-order valence-corrected chi connectivity index (χ2v) is 9.29. The summed E-state index contributed by atoms with van der Waals surface area (Å²) < 4.78 is 5.39. The number of halogens is 1. The lowest BCUT2D eigenvalue weighted by Gasteiger charge is -2.39. The summed E-state index contributed by atoms with van der Waals surface area (Å²) in [5.74, 6) is 0.868. The molecular formula is C24H34ClN5O2. The number of para-hydroxylation sites is 1. The summed E-state index contributed by atoms with van der Waals surface area (Å²) in [6.45, 7) is 9.83. The number of benzene rings is 1. The van der Waals surface area contributed by atoms with E-state index in [9.17, 15) is 4.79 Å². The van der Waals surface area contributed by atoms with Crippen LogP contribution in [0, 0.1) is 0 Å². The van der Waals surface area contributed by atoms with Crippen LogP contribution in [0.15, 0.2) is 42.6 Å². The number of aromatic nitrogens is 1. The molecule has 2 aliphatic rings. The number of methoxy groups -OCH3 is 1. The minimum atomic E-state index is -0.133. The molecule has 4 rings (SSSR count). The molecule has 0 unspecified atom stereocenters. The van der Waals surface area contributed by atoms with Crippen LogP contribution in [0.3, 0.4) is 0 Å². The fourth-order valence-electron chi connectivity index (χ4n) is 4.56. The Balaban J connectivity index is 0.00000289.